The first-order valence-corrected chi connectivity index (χ1v) is 9.49. The third-order valence-corrected chi connectivity index (χ3v) is 4.77. The number of hydrogen-bond donors (Lipinski definition) is 1. The lowest BCUT2D eigenvalue weighted by Gasteiger charge is -2.05. The molecule has 3 aromatic carbocycles. The minimum absolute atomic E-state index is 0.0452. The van der Waals surface area contributed by atoms with E-state index in [0.29, 0.717) is 5.17 Å². The van der Waals surface area contributed by atoms with E-state index >= 15 is 0 Å². The zero-order valence-electron chi connectivity index (χ0n) is 14.9. The number of thioether (sulfide) groups is 1. The van der Waals surface area contributed by atoms with Gasteiger partial charge in [-0.15, -0.1) is 5.10 Å². The molecule has 0 spiro atoms. The average Bonchev–Trinajstić information content (AvgIpc) is 2.73. The lowest BCUT2D eigenvalue weighted by atomic mass is 10.00. The first-order valence-electron chi connectivity index (χ1n) is 8.50. The number of non-ortho nitro benzene ring substituents is 1. The van der Waals surface area contributed by atoms with Gasteiger partial charge < -0.3 is 5.73 Å². The molecule has 0 heterocycles. The van der Waals surface area contributed by atoms with Gasteiger partial charge in [0.25, 0.3) is 5.69 Å². The van der Waals surface area contributed by atoms with Gasteiger partial charge in [-0.2, -0.15) is 5.10 Å². The molecule has 0 atom stereocenters. The molecule has 6 nitrogen and oxygen atoms in total. The maximum Gasteiger partial charge on any atom is 0.270 e. The van der Waals surface area contributed by atoms with E-state index in [1.807, 2.05) is 60.7 Å². The molecule has 3 rings (SSSR count). The van der Waals surface area contributed by atoms with Crippen LogP contribution >= 0.6 is 11.8 Å². The number of nitro benzene ring substituents is 1. The fourth-order valence-electron chi connectivity index (χ4n) is 2.57. The van der Waals surface area contributed by atoms with Crippen LogP contribution in [0, 0.1) is 10.1 Å². The highest BCUT2D eigenvalue weighted by Crippen LogP contribution is 2.26. The Morgan fingerprint density at radius 3 is 2.57 bits per heavy atom. The van der Waals surface area contributed by atoms with Crippen LogP contribution in [0.5, 0.6) is 0 Å². The molecule has 140 valence electrons. The van der Waals surface area contributed by atoms with Gasteiger partial charge in [0.2, 0.25) is 0 Å². The summed E-state index contributed by atoms with van der Waals surface area (Å²) in [6, 6.07) is 24.0. The second-order valence-corrected chi connectivity index (χ2v) is 6.85. The van der Waals surface area contributed by atoms with Crippen LogP contribution in [0.2, 0.25) is 0 Å². The molecule has 2 N–H and O–H groups in total. The molecule has 0 aliphatic carbocycles. The maximum absolute atomic E-state index is 11.0. The molecule has 0 saturated carbocycles. The second-order valence-electron chi connectivity index (χ2n) is 5.85. The minimum Gasteiger partial charge on any atom is -0.377 e. The summed E-state index contributed by atoms with van der Waals surface area (Å²) in [5, 5.41) is 19.5. The molecule has 0 aliphatic rings. The molecule has 0 aromatic heterocycles. The van der Waals surface area contributed by atoms with Crippen LogP contribution in [0.4, 0.5) is 5.69 Å². The van der Waals surface area contributed by atoms with Gasteiger partial charge in [-0.1, -0.05) is 78.5 Å². The van der Waals surface area contributed by atoms with E-state index in [1.165, 1.54) is 17.8 Å². The van der Waals surface area contributed by atoms with Crippen molar-refractivity contribution in [2.75, 3.05) is 0 Å². The van der Waals surface area contributed by atoms with Gasteiger partial charge in [-0.25, -0.2) is 0 Å². The molecule has 0 amide bonds. The van der Waals surface area contributed by atoms with Crippen molar-refractivity contribution in [1.82, 2.24) is 0 Å². The topological polar surface area (TPSA) is 93.9 Å². The summed E-state index contributed by atoms with van der Waals surface area (Å²) in [6.45, 7) is 0. The van der Waals surface area contributed by atoms with Crippen molar-refractivity contribution in [2.24, 2.45) is 15.9 Å². The number of rotatable bonds is 6. The Kier molecular flexibility index (Phi) is 6.54. The van der Waals surface area contributed by atoms with Crippen molar-refractivity contribution in [3.05, 3.63) is 100 Å². The van der Waals surface area contributed by atoms with Crippen LogP contribution in [-0.4, -0.2) is 16.3 Å². The highest BCUT2D eigenvalue weighted by Gasteiger charge is 2.09. The molecule has 0 saturated heterocycles. The first kappa shape index (κ1) is 19.3. The summed E-state index contributed by atoms with van der Waals surface area (Å²) in [5.74, 6) is 0.718. The standard InChI is InChI=1S/C21H18N4O2S/c22-21(28-15-16-7-2-1-3-8-16)24-23-14-18-9-4-5-12-20(18)17-10-6-11-19(13-17)25(26)27/h1-14H,15H2,(H2,22,24). The lowest BCUT2D eigenvalue weighted by Crippen LogP contribution is -2.06. The Morgan fingerprint density at radius 2 is 1.79 bits per heavy atom. The molecule has 0 aliphatic heterocycles. The largest absolute Gasteiger partial charge is 0.377 e. The van der Waals surface area contributed by atoms with E-state index < -0.39 is 4.92 Å². The highest BCUT2D eigenvalue weighted by molar-refractivity contribution is 8.13. The Balaban J connectivity index is 1.74. The third-order valence-electron chi connectivity index (χ3n) is 3.91. The number of benzene rings is 3. The van der Waals surface area contributed by atoms with E-state index in [-0.39, 0.29) is 5.69 Å². The van der Waals surface area contributed by atoms with Gasteiger partial charge in [0, 0.05) is 23.4 Å². The predicted molar refractivity (Wildman–Crippen MR) is 115 cm³/mol. The summed E-state index contributed by atoms with van der Waals surface area (Å²) in [5.41, 5.74) is 9.49. The second kappa shape index (κ2) is 9.48. The quantitative estimate of drug-likeness (QED) is 0.282. The first-order chi connectivity index (χ1) is 13.6. The smallest absolute Gasteiger partial charge is 0.270 e. The molecule has 0 fully saturated rings. The molecule has 0 radical (unpaired) electrons. The Bertz CT molecular complexity index is 1020. The summed E-state index contributed by atoms with van der Waals surface area (Å²) >= 11 is 1.41. The van der Waals surface area contributed by atoms with Gasteiger partial charge in [0.1, 0.15) is 0 Å². The van der Waals surface area contributed by atoms with E-state index in [4.69, 9.17) is 5.73 Å². The zero-order valence-corrected chi connectivity index (χ0v) is 15.8. The van der Waals surface area contributed by atoms with Crippen LogP contribution in [0.1, 0.15) is 11.1 Å². The summed E-state index contributed by atoms with van der Waals surface area (Å²) in [7, 11) is 0. The summed E-state index contributed by atoms with van der Waals surface area (Å²) in [6.07, 6.45) is 1.60. The fourth-order valence-corrected chi connectivity index (χ4v) is 3.18. The third kappa shape index (κ3) is 5.28. The number of hydrogen-bond acceptors (Lipinski definition) is 5. The van der Waals surface area contributed by atoms with E-state index in [1.54, 1.807) is 18.3 Å². The molecule has 28 heavy (non-hydrogen) atoms. The molecule has 3 aromatic rings. The Morgan fingerprint density at radius 1 is 1.04 bits per heavy atom. The van der Waals surface area contributed by atoms with E-state index in [2.05, 4.69) is 10.2 Å². The summed E-state index contributed by atoms with van der Waals surface area (Å²) in [4.78, 5) is 10.6. The number of nitrogens with zero attached hydrogens (tertiary/aromatic N) is 3. The predicted octanol–water partition coefficient (Wildman–Crippen LogP) is 4.84. The van der Waals surface area contributed by atoms with Crippen molar-refractivity contribution >= 4 is 28.8 Å². The van der Waals surface area contributed by atoms with Crippen LogP contribution in [0.3, 0.4) is 0 Å². The molecular formula is C21H18N4O2S. The van der Waals surface area contributed by atoms with Crippen LogP contribution < -0.4 is 5.73 Å². The van der Waals surface area contributed by atoms with Gasteiger partial charge in [0.05, 0.1) is 11.1 Å². The van der Waals surface area contributed by atoms with Crippen LogP contribution in [0.25, 0.3) is 11.1 Å². The van der Waals surface area contributed by atoms with Gasteiger partial charge >= 0.3 is 0 Å². The minimum atomic E-state index is -0.408. The van der Waals surface area contributed by atoms with Gasteiger partial charge in [-0.05, 0) is 16.7 Å². The molecule has 0 bridgehead atoms. The molecule has 0 unspecified atom stereocenters. The number of nitro groups is 1. The monoisotopic (exact) mass is 390 g/mol. The maximum atomic E-state index is 11.0. The highest BCUT2D eigenvalue weighted by atomic mass is 32.2. The van der Waals surface area contributed by atoms with Crippen molar-refractivity contribution in [2.45, 2.75) is 5.75 Å². The summed E-state index contributed by atoms with van der Waals surface area (Å²) < 4.78 is 0. The fraction of sp³-hybridized carbons (Fsp3) is 0.0476. The van der Waals surface area contributed by atoms with Crippen molar-refractivity contribution < 1.29 is 4.92 Å². The lowest BCUT2D eigenvalue weighted by molar-refractivity contribution is -0.384. The normalized spacial score (nSPS) is 11.6. The Hall–Kier alpha value is -3.45. The Labute approximate surface area is 167 Å². The molecule has 7 heteroatoms. The van der Waals surface area contributed by atoms with E-state index in [0.717, 1.165) is 28.0 Å². The van der Waals surface area contributed by atoms with Gasteiger partial charge in [-0.3, -0.25) is 10.1 Å². The number of amidine groups is 1. The SMILES string of the molecule is NC(=NN=Cc1ccccc1-c1cccc([N+](=O)[O-])c1)SCc1ccccc1. The number of nitrogens with two attached hydrogens (primary N) is 1. The average molecular weight is 390 g/mol. The van der Waals surface area contributed by atoms with E-state index in [9.17, 15) is 10.1 Å². The van der Waals surface area contributed by atoms with Gasteiger partial charge in [0.15, 0.2) is 5.17 Å². The van der Waals surface area contributed by atoms with Crippen LogP contribution in [-0.2, 0) is 5.75 Å². The van der Waals surface area contributed by atoms with Crippen molar-refractivity contribution in [1.29, 1.82) is 0 Å². The zero-order chi connectivity index (χ0) is 19.8. The van der Waals surface area contributed by atoms with Crippen molar-refractivity contribution in [3.8, 4) is 11.1 Å². The van der Waals surface area contributed by atoms with Crippen molar-refractivity contribution in [3.63, 3.8) is 0 Å². The van der Waals surface area contributed by atoms with Crippen LogP contribution in [0.15, 0.2) is 89.1 Å². The molecular weight excluding hydrogens is 372 g/mol.